The van der Waals surface area contributed by atoms with Crippen LogP contribution in [0.15, 0.2) is 11.6 Å². The molecule has 74 heavy (non-hydrogen) atoms. The minimum absolute atomic E-state index is 0.00170. The molecule has 5 saturated heterocycles. The lowest BCUT2D eigenvalue weighted by Gasteiger charge is -2.59. The van der Waals surface area contributed by atoms with Gasteiger partial charge in [0.2, 0.25) is 0 Å². The zero-order valence-corrected chi connectivity index (χ0v) is 46.5. The van der Waals surface area contributed by atoms with Gasteiger partial charge in [0.05, 0.1) is 70.2 Å². The predicted octanol–water partition coefficient (Wildman–Crippen LogP) is 10.6. The van der Waals surface area contributed by atoms with Gasteiger partial charge in [-0.1, -0.05) is 53.2 Å². The Hall–Kier alpha value is -0.700. The van der Waals surface area contributed by atoms with Gasteiger partial charge in [0.25, 0.3) is 0 Å². The Bertz CT molecular complexity index is 2150. The summed E-state index contributed by atoms with van der Waals surface area (Å²) >= 11 is 0. The first kappa shape index (κ1) is 50.3. The number of ether oxygens (including phenoxy) is 8. The molecule has 5 heterocycles. The van der Waals surface area contributed by atoms with Crippen LogP contribution in [0.2, 0.25) is 0 Å². The van der Waals surface area contributed by atoms with E-state index in [9.17, 15) is 15.3 Å². The molecule has 5 spiro atoms. The summed E-state index contributed by atoms with van der Waals surface area (Å²) in [6, 6.07) is 0. The summed E-state index contributed by atoms with van der Waals surface area (Å²) in [5.74, 6) is 5.62. The highest BCUT2D eigenvalue weighted by Gasteiger charge is 2.80. The van der Waals surface area contributed by atoms with Crippen LogP contribution < -0.4 is 0 Å². The standard InChI is InChI=1S/2C21H32O4.C21H32O3/c2*1-18-6-5-15-13(14(18)3-4-16(18)22)11-17-21(25-17)12-20(23-9-10-24-20)8-7-19(15,21)2;1-19-9-10-21(23-11-12-24-21)13-14(19)3-4-15-16-5-6-18(22)20(16,2)8-7-17(15)19/h2*13-17,22H,3-12H2,1-2H3;3,15-18,22H,4-13H2,1-2H3/t13?,14?,15?,16-,17?,18-,19+,21-;13?,14?,15?,16-,17+,18-,19+,21+;15?,16?,17?,18?,19-,20-/m000/s1. The topological polar surface area (TPSA) is 141 Å². The molecule has 3 N–H and O–H groups in total. The number of hydrogen-bond donors (Lipinski definition) is 3. The van der Waals surface area contributed by atoms with Gasteiger partial charge in [0.1, 0.15) is 11.2 Å². The van der Waals surface area contributed by atoms with Crippen LogP contribution in [0.5, 0.6) is 0 Å². The van der Waals surface area contributed by atoms with Crippen molar-refractivity contribution in [2.24, 2.45) is 85.8 Å². The van der Waals surface area contributed by atoms with Crippen LogP contribution in [-0.2, 0) is 37.9 Å². The largest absolute Gasteiger partial charge is 0.393 e. The van der Waals surface area contributed by atoms with Gasteiger partial charge in [-0.25, -0.2) is 0 Å². The van der Waals surface area contributed by atoms with Crippen molar-refractivity contribution >= 4 is 0 Å². The molecule has 11 saturated carbocycles. The van der Waals surface area contributed by atoms with E-state index in [0.717, 1.165) is 152 Å². The highest BCUT2D eigenvalue weighted by Crippen LogP contribution is 2.77. The van der Waals surface area contributed by atoms with E-state index < -0.39 is 0 Å². The molecule has 11 nitrogen and oxygen atoms in total. The second kappa shape index (κ2) is 16.5. The van der Waals surface area contributed by atoms with E-state index in [1.807, 2.05) is 0 Å². The molecule has 0 aromatic rings. The fourth-order valence-corrected chi connectivity index (χ4v) is 24.0. The van der Waals surface area contributed by atoms with Crippen LogP contribution in [-0.4, -0.2) is 114 Å². The Morgan fingerprint density at radius 3 is 1.24 bits per heavy atom. The van der Waals surface area contributed by atoms with Gasteiger partial charge in [-0.2, -0.15) is 0 Å². The quantitative estimate of drug-likeness (QED) is 0.158. The molecule has 414 valence electrons. The number of aliphatic hydroxyl groups excluding tert-OH is 3. The molecule has 17 rings (SSSR count). The molecule has 17 aliphatic rings. The summed E-state index contributed by atoms with van der Waals surface area (Å²) in [6.45, 7) is 19.1. The van der Waals surface area contributed by atoms with Crippen molar-refractivity contribution in [3.8, 4) is 0 Å². The number of fused-ring (bicyclic) bond motifs is 13. The molecule has 12 aliphatic carbocycles. The second-order valence-electron chi connectivity index (χ2n) is 30.6. The Labute approximate surface area is 443 Å². The first-order chi connectivity index (χ1) is 35.3. The monoisotopic (exact) mass is 1030 g/mol. The smallest absolute Gasteiger partial charge is 0.172 e. The summed E-state index contributed by atoms with van der Waals surface area (Å²) in [7, 11) is 0. The van der Waals surface area contributed by atoms with Crippen molar-refractivity contribution in [1.82, 2.24) is 0 Å². The van der Waals surface area contributed by atoms with Crippen LogP contribution in [0.1, 0.15) is 196 Å². The maximum Gasteiger partial charge on any atom is 0.172 e. The van der Waals surface area contributed by atoms with E-state index in [1.54, 1.807) is 5.57 Å². The molecule has 16 fully saturated rings. The third-order valence-corrected chi connectivity index (χ3v) is 28.6. The van der Waals surface area contributed by atoms with E-state index in [-0.39, 0.29) is 74.0 Å². The summed E-state index contributed by atoms with van der Waals surface area (Å²) in [4.78, 5) is 0. The lowest BCUT2D eigenvalue weighted by atomic mass is 9.44. The third kappa shape index (κ3) is 6.64. The fourth-order valence-electron chi connectivity index (χ4n) is 24.0. The first-order valence-electron chi connectivity index (χ1n) is 31.3. The van der Waals surface area contributed by atoms with Crippen molar-refractivity contribution < 1.29 is 53.2 Å². The predicted molar refractivity (Wildman–Crippen MR) is 276 cm³/mol. The summed E-state index contributed by atoms with van der Waals surface area (Å²) < 4.78 is 49.4. The van der Waals surface area contributed by atoms with E-state index in [2.05, 4.69) is 47.6 Å². The molecule has 22 atom stereocenters. The van der Waals surface area contributed by atoms with Gasteiger partial charge in [0, 0.05) is 49.4 Å². The van der Waals surface area contributed by atoms with Crippen molar-refractivity contribution in [3.05, 3.63) is 11.6 Å². The Kier molecular flexibility index (Phi) is 11.2. The Morgan fingerprint density at radius 1 is 0.405 bits per heavy atom. The van der Waals surface area contributed by atoms with Gasteiger partial charge < -0.3 is 53.2 Å². The van der Waals surface area contributed by atoms with Crippen molar-refractivity contribution in [2.45, 2.75) is 255 Å². The summed E-state index contributed by atoms with van der Waals surface area (Å²) in [5, 5.41) is 31.8. The van der Waals surface area contributed by atoms with Crippen LogP contribution in [0.3, 0.4) is 0 Å². The SMILES string of the molecule is C[C@]12CCC3C(CC4O[C@@]45CC4(CC[C@]35C)OCCO4)C1CC[C@@H]2O.C[C@]12CCC3C(CC=C4CC5(CC[C@@]43C)OCCO5)C1CCC2O.C[C@]12CCC3C(C[C@H]4O[C@]45CC4(CC[C@]35C)OCCO4)C1CC[C@@H]2O. The fraction of sp³-hybridized carbons (Fsp3) is 0.968. The normalized spacial score (nSPS) is 58.5. The van der Waals surface area contributed by atoms with E-state index in [0.29, 0.717) is 29.5 Å². The lowest BCUT2D eigenvalue weighted by Crippen LogP contribution is -2.61. The Morgan fingerprint density at radius 2 is 0.797 bits per heavy atom. The molecule has 0 aromatic carbocycles. The highest BCUT2D eigenvalue weighted by atomic mass is 16.8. The highest BCUT2D eigenvalue weighted by molar-refractivity contribution is 5.29. The second-order valence-corrected chi connectivity index (χ2v) is 30.6. The number of aliphatic hydroxyl groups is 3. The first-order valence-corrected chi connectivity index (χ1v) is 31.3. The van der Waals surface area contributed by atoms with Crippen molar-refractivity contribution in [3.63, 3.8) is 0 Å². The van der Waals surface area contributed by atoms with E-state index in [4.69, 9.17) is 37.9 Å². The van der Waals surface area contributed by atoms with Gasteiger partial charge in [-0.15, -0.1) is 0 Å². The van der Waals surface area contributed by atoms with Crippen LogP contribution in [0.4, 0.5) is 0 Å². The van der Waals surface area contributed by atoms with Crippen molar-refractivity contribution in [2.75, 3.05) is 39.6 Å². The average molecular weight is 1030 g/mol. The van der Waals surface area contributed by atoms with Crippen molar-refractivity contribution in [1.29, 1.82) is 0 Å². The van der Waals surface area contributed by atoms with Gasteiger partial charge in [0.15, 0.2) is 17.4 Å². The molecule has 0 bridgehead atoms. The van der Waals surface area contributed by atoms with Crippen LogP contribution >= 0.6 is 0 Å². The molecule has 0 amide bonds. The molecule has 5 aliphatic heterocycles. The van der Waals surface area contributed by atoms with Gasteiger partial charge in [-0.3, -0.25) is 0 Å². The number of epoxide rings is 2. The van der Waals surface area contributed by atoms with Crippen LogP contribution in [0.25, 0.3) is 0 Å². The molecular weight excluding hydrogens is 933 g/mol. The molecule has 11 heteroatoms. The zero-order valence-electron chi connectivity index (χ0n) is 46.5. The Balaban J connectivity index is 0.0000000981. The maximum absolute atomic E-state index is 10.6. The summed E-state index contributed by atoms with van der Waals surface area (Å²) in [5.41, 5.74) is 2.95. The maximum atomic E-state index is 10.6. The molecule has 0 radical (unpaired) electrons. The lowest BCUT2D eigenvalue weighted by molar-refractivity contribution is -0.227. The number of rotatable bonds is 0. The van der Waals surface area contributed by atoms with Gasteiger partial charge in [-0.05, 0) is 190 Å². The van der Waals surface area contributed by atoms with E-state index in [1.165, 1.54) is 83.5 Å². The van der Waals surface area contributed by atoms with Gasteiger partial charge >= 0.3 is 0 Å². The minimum Gasteiger partial charge on any atom is -0.393 e. The molecular formula is C63H96O11. The number of allylic oxidation sites excluding steroid dienone is 1. The van der Waals surface area contributed by atoms with Crippen LogP contribution in [0, 0.1) is 85.8 Å². The summed E-state index contributed by atoms with van der Waals surface area (Å²) in [6.07, 6.45) is 30.2. The molecule has 0 aromatic heterocycles. The molecule has 11 unspecified atom stereocenters. The minimum atomic E-state index is -0.353. The third-order valence-electron chi connectivity index (χ3n) is 28.6. The average Bonchev–Trinajstić information content (AvgIpc) is 3.73. The van der Waals surface area contributed by atoms with E-state index >= 15 is 0 Å². The number of hydrogen-bond acceptors (Lipinski definition) is 11. The zero-order chi connectivity index (χ0) is 50.7.